The van der Waals surface area contributed by atoms with E-state index in [1.54, 1.807) is 0 Å². The Bertz CT molecular complexity index is 429. The first-order valence-electron chi connectivity index (χ1n) is 4.23. The van der Waals surface area contributed by atoms with E-state index >= 15 is 0 Å². The third-order valence-corrected chi connectivity index (χ3v) is 2.47. The zero-order chi connectivity index (χ0) is 13.3. The molecule has 0 bridgehead atoms. The number of alkyl halides is 6. The van der Waals surface area contributed by atoms with Gasteiger partial charge in [-0.15, -0.1) is 0 Å². The van der Waals surface area contributed by atoms with Crippen LogP contribution in [0.3, 0.4) is 0 Å². The maximum Gasteiger partial charge on any atom is 0.417 e. The predicted molar refractivity (Wildman–Crippen MR) is 54.2 cm³/mol. The average molecular weight is 319 g/mol. The molecule has 0 N–H and O–H groups in total. The van der Waals surface area contributed by atoms with E-state index in [-0.39, 0.29) is 4.47 Å². The van der Waals surface area contributed by atoms with E-state index in [0.717, 1.165) is 6.07 Å². The summed E-state index contributed by atoms with van der Waals surface area (Å²) < 4.78 is 73.7. The topological polar surface area (TPSA) is 0 Å². The zero-order valence-electron chi connectivity index (χ0n) is 8.03. The highest BCUT2D eigenvalue weighted by Gasteiger charge is 2.39. The van der Waals surface area contributed by atoms with Crippen LogP contribution < -0.4 is 0 Å². The first-order valence-corrected chi connectivity index (χ1v) is 5.02. The van der Waals surface area contributed by atoms with Crippen LogP contribution in [0.1, 0.15) is 5.56 Å². The van der Waals surface area contributed by atoms with Crippen molar-refractivity contribution >= 4 is 21.5 Å². The number of allylic oxidation sites excluding steroid dienone is 2. The van der Waals surface area contributed by atoms with Crippen molar-refractivity contribution < 1.29 is 26.3 Å². The Balaban J connectivity index is 3.37. The standard InChI is InChI=1S/C10H5BrF6/c11-8-4-2-1-3-6(8)7(10(15,16)17)5-9(12,13)14/h1-5H/b7-5+. The van der Waals surface area contributed by atoms with Crippen molar-refractivity contribution in [3.05, 3.63) is 40.4 Å². The molecule has 0 radical (unpaired) electrons. The molecule has 0 saturated heterocycles. The molecular formula is C10H5BrF6. The number of hydrogen-bond acceptors (Lipinski definition) is 0. The van der Waals surface area contributed by atoms with Gasteiger partial charge in [-0.2, -0.15) is 26.3 Å². The molecular weight excluding hydrogens is 314 g/mol. The fourth-order valence-corrected chi connectivity index (χ4v) is 1.65. The molecule has 0 atom stereocenters. The van der Waals surface area contributed by atoms with Crippen molar-refractivity contribution in [1.29, 1.82) is 0 Å². The molecule has 1 rings (SSSR count). The molecule has 0 saturated carbocycles. The highest BCUT2D eigenvalue weighted by Crippen LogP contribution is 2.39. The first-order chi connectivity index (χ1) is 7.61. The van der Waals surface area contributed by atoms with Gasteiger partial charge in [0.15, 0.2) is 0 Å². The van der Waals surface area contributed by atoms with E-state index in [1.807, 2.05) is 0 Å². The van der Waals surface area contributed by atoms with E-state index in [4.69, 9.17) is 0 Å². The fraction of sp³-hybridized carbons (Fsp3) is 0.200. The Kier molecular flexibility index (Phi) is 3.91. The third kappa shape index (κ3) is 4.07. The van der Waals surface area contributed by atoms with Gasteiger partial charge >= 0.3 is 12.4 Å². The summed E-state index contributed by atoms with van der Waals surface area (Å²) in [5, 5.41) is 0. The Hall–Kier alpha value is -0.980. The van der Waals surface area contributed by atoms with Crippen LogP contribution in [0.4, 0.5) is 26.3 Å². The van der Waals surface area contributed by atoms with Gasteiger partial charge in [0.25, 0.3) is 0 Å². The van der Waals surface area contributed by atoms with E-state index in [0.29, 0.717) is 0 Å². The molecule has 0 unspecified atom stereocenters. The van der Waals surface area contributed by atoms with Gasteiger partial charge < -0.3 is 0 Å². The van der Waals surface area contributed by atoms with Crippen molar-refractivity contribution in [2.75, 3.05) is 0 Å². The summed E-state index contributed by atoms with van der Waals surface area (Å²) in [6.45, 7) is 0. The van der Waals surface area contributed by atoms with Crippen molar-refractivity contribution in [2.24, 2.45) is 0 Å². The van der Waals surface area contributed by atoms with Crippen molar-refractivity contribution in [3.8, 4) is 0 Å². The zero-order valence-corrected chi connectivity index (χ0v) is 9.62. The van der Waals surface area contributed by atoms with Crippen LogP contribution in [0.15, 0.2) is 34.8 Å². The lowest BCUT2D eigenvalue weighted by atomic mass is 10.1. The summed E-state index contributed by atoms with van der Waals surface area (Å²) in [4.78, 5) is 0. The fourth-order valence-electron chi connectivity index (χ4n) is 1.16. The molecule has 17 heavy (non-hydrogen) atoms. The Labute approximate surface area is 101 Å². The van der Waals surface area contributed by atoms with Crippen LogP contribution in [0.5, 0.6) is 0 Å². The van der Waals surface area contributed by atoms with E-state index < -0.39 is 29.6 Å². The minimum atomic E-state index is -5.07. The SMILES string of the molecule is FC(F)(F)/C=C(\c1ccccc1Br)C(F)(F)F. The number of halogens is 7. The van der Waals surface area contributed by atoms with Crippen LogP contribution in [0.25, 0.3) is 5.57 Å². The minimum absolute atomic E-state index is 0.0483. The van der Waals surface area contributed by atoms with Crippen molar-refractivity contribution in [3.63, 3.8) is 0 Å². The number of benzene rings is 1. The molecule has 0 nitrogen and oxygen atoms in total. The highest BCUT2D eigenvalue weighted by molar-refractivity contribution is 9.10. The molecule has 94 valence electrons. The normalized spacial score (nSPS) is 13.9. The Morgan fingerprint density at radius 1 is 1.00 bits per heavy atom. The largest absolute Gasteiger partial charge is 0.417 e. The van der Waals surface area contributed by atoms with Crippen molar-refractivity contribution in [2.45, 2.75) is 12.4 Å². The summed E-state index contributed by atoms with van der Waals surface area (Å²) in [7, 11) is 0. The Morgan fingerprint density at radius 2 is 1.53 bits per heavy atom. The van der Waals surface area contributed by atoms with Crippen LogP contribution in [-0.4, -0.2) is 12.4 Å². The molecule has 0 amide bonds. The molecule has 0 aliphatic heterocycles. The maximum atomic E-state index is 12.5. The van der Waals surface area contributed by atoms with Gasteiger partial charge in [0.1, 0.15) is 0 Å². The first kappa shape index (κ1) is 14.1. The lowest BCUT2D eigenvalue weighted by Crippen LogP contribution is -2.15. The van der Waals surface area contributed by atoms with Crippen LogP contribution in [0, 0.1) is 0 Å². The highest BCUT2D eigenvalue weighted by atomic mass is 79.9. The summed E-state index contributed by atoms with van der Waals surface area (Å²) in [6.07, 6.45) is -10.8. The molecule has 0 spiro atoms. The van der Waals surface area contributed by atoms with Gasteiger partial charge in [-0.25, -0.2) is 0 Å². The summed E-state index contributed by atoms with van der Waals surface area (Å²) >= 11 is 2.79. The monoisotopic (exact) mass is 318 g/mol. The quantitative estimate of drug-likeness (QED) is 0.642. The second-order valence-electron chi connectivity index (χ2n) is 3.08. The van der Waals surface area contributed by atoms with Crippen LogP contribution >= 0.6 is 15.9 Å². The molecule has 7 heteroatoms. The lowest BCUT2D eigenvalue weighted by molar-refractivity contribution is -0.0911. The number of hydrogen-bond donors (Lipinski definition) is 0. The average Bonchev–Trinajstić information content (AvgIpc) is 2.12. The lowest BCUT2D eigenvalue weighted by Gasteiger charge is -2.14. The second kappa shape index (κ2) is 4.72. The van der Waals surface area contributed by atoms with E-state index in [1.165, 1.54) is 18.2 Å². The summed E-state index contributed by atoms with van der Waals surface area (Å²) in [5.74, 6) is 0. The van der Waals surface area contributed by atoms with Crippen molar-refractivity contribution in [1.82, 2.24) is 0 Å². The smallest absolute Gasteiger partial charge is 0.167 e. The minimum Gasteiger partial charge on any atom is -0.167 e. The third-order valence-electron chi connectivity index (χ3n) is 1.78. The van der Waals surface area contributed by atoms with Gasteiger partial charge in [0.2, 0.25) is 0 Å². The van der Waals surface area contributed by atoms with Gasteiger partial charge in [-0.05, 0) is 6.07 Å². The predicted octanol–water partition coefficient (Wildman–Crippen LogP) is 4.96. The molecule has 0 aliphatic rings. The molecule has 0 heterocycles. The van der Waals surface area contributed by atoms with E-state index in [9.17, 15) is 26.3 Å². The molecule has 0 aromatic heterocycles. The second-order valence-corrected chi connectivity index (χ2v) is 3.93. The maximum absolute atomic E-state index is 12.5. The Morgan fingerprint density at radius 3 is 1.94 bits per heavy atom. The van der Waals surface area contributed by atoms with Gasteiger partial charge in [0.05, 0.1) is 5.57 Å². The van der Waals surface area contributed by atoms with Crippen LogP contribution in [0.2, 0.25) is 0 Å². The molecule has 0 fully saturated rings. The molecule has 0 aliphatic carbocycles. The molecule has 1 aromatic carbocycles. The summed E-state index contributed by atoms with van der Waals surface area (Å²) in [5.41, 5.74) is -2.27. The number of rotatable bonds is 1. The molecule has 1 aromatic rings. The van der Waals surface area contributed by atoms with Gasteiger partial charge in [-0.3, -0.25) is 0 Å². The van der Waals surface area contributed by atoms with Gasteiger partial charge in [-0.1, -0.05) is 34.1 Å². The van der Waals surface area contributed by atoms with Gasteiger partial charge in [0, 0.05) is 16.1 Å². The van der Waals surface area contributed by atoms with Crippen LogP contribution in [-0.2, 0) is 0 Å². The van der Waals surface area contributed by atoms with E-state index in [2.05, 4.69) is 15.9 Å². The summed E-state index contributed by atoms with van der Waals surface area (Å²) in [6, 6.07) is 4.85.